The molecule has 1 fully saturated rings. The third kappa shape index (κ3) is 2.41. The number of carbonyl (C=O) groups excluding carboxylic acids is 1. The van der Waals surface area contributed by atoms with E-state index >= 15 is 0 Å². The largest absolute Gasteiger partial charge is 0.353 e. The number of benzene rings is 1. The molecule has 0 aliphatic carbocycles. The summed E-state index contributed by atoms with van der Waals surface area (Å²) in [6, 6.07) is 4.48. The molecule has 1 aromatic carbocycles. The van der Waals surface area contributed by atoms with Gasteiger partial charge in [0.2, 0.25) is 15.9 Å². The number of nitrogens with zero attached hydrogens (tertiary/aromatic N) is 1. The lowest BCUT2D eigenvalue weighted by molar-refractivity contribution is -0.131. The summed E-state index contributed by atoms with van der Waals surface area (Å²) in [5.74, 6) is -0.351. The van der Waals surface area contributed by atoms with Crippen LogP contribution in [0.4, 0.5) is 0 Å². The molecule has 0 atom stereocenters. The van der Waals surface area contributed by atoms with Crippen molar-refractivity contribution in [1.82, 2.24) is 9.62 Å². The highest BCUT2D eigenvalue weighted by atomic mass is 35.5. The van der Waals surface area contributed by atoms with E-state index in [2.05, 4.69) is 5.32 Å². The quantitative estimate of drug-likeness (QED) is 0.896. The third-order valence-corrected chi connectivity index (χ3v) is 6.28. The van der Waals surface area contributed by atoms with Gasteiger partial charge in [-0.1, -0.05) is 29.3 Å². The van der Waals surface area contributed by atoms with E-state index in [-0.39, 0.29) is 33.9 Å². The highest BCUT2D eigenvalue weighted by molar-refractivity contribution is 7.89. The second kappa shape index (κ2) is 5.18. The molecule has 1 aliphatic rings. The van der Waals surface area contributed by atoms with Crippen LogP contribution in [-0.4, -0.2) is 37.3 Å². The number of sulfonamides is 1. The summed E-state index contributed by atoms with van der Waals surface area (Å²) in [5, 5.41) is 2.73. The predicted molar refractivity (Wildman–Crippen MR) is 77.4 cm³/mol. The van der Waals surface area contributed by atoms with Crippen LogP contribution in [0.2, 0.25) is 10.0 Å². The van der Waals surface area contributed by atoms with E-state index in [9.17, 15) is 13.2 Å². The standard InChI is InChI=1S/C12H14Cl2N2O3S/c1-12(2)11(17)15-6-7-16(12)20(18,19)10-8(13)4-3-5-9(10)14/h3-5H,6-7H2,1-2H3,(H,15,17). The molecule has 0 radical (unpaired) electrons. The minimum atomic E-state index is -3.96. The van der Waals surface area contributed by atoms with Crippen LogP contribution in [0, 0.1) is 0 Å². The van der Waals surface area contributed by atoms with E-state index in [0.29, 0.717) is 0 Å². The number of hydrogen-bond donors (Lipinski definition) is 1. The van der Waals surface area contributed by atoms with E-state index in [4.69, 9.17) is 23.2 Å². The monoisotopic (exact) mass is 336 g/mol. The van der Waals surface area contributed by atoms with E-state index in [0.717, 1.165) is 4.31 Å². The maximum Gasteiger partial charge on any atom is 0.247 e. The molecule has 1 N–H and O–H groups in total. The molecular formula is C12H14Cl2N2O3S. The zero-order chi connectivity index (χ0) is 15.1. The average Bonchev–Trinajstić information content (AvgIpc) is 2.31. The fraction of sp³-hybridized carbons (Fsp3) is 0.417. The topological polar surface area (TPSA) is 66.5 Å². The molecule has 1 amide bonds. The molecule has 2 rings (SSSR count). The molecule has 110 valence electrons. The Morgan fingerprint density at radius 3 is 2.35 bits per heavy atom. The minimum Gasteiger partial charge on any atom is -0.353 e. The molecule has 1 heterocycles. The van der Waals surface area contributed by atoms with Gasteiger partial charge in [-0.3, -0.25) is 4.79 Å². The Bertz CT molecular complexity index is 638. The van der Waals surface area contributed by atoms with Gasteiger partial charge in [-0.2, -0.15) is 4.31 Å². The van der Waals surface area contributed by atoms with Gasteiger partial charge in [0.1, 0.15) is 10.4 Å². The number of nitrogens with one attached hydrogen (secondary N) is 1. The Morgan fingerprint density at radius 1 is 1.25 bits per heavy atom. The fourth-order valence-electron chi connectivity index (χ4n) is 2.14. The van der Waals surface area contributed by atoms with Crippen molar-refractivity contribution in [2.45, 2.75) is 24.3 Å². The van der Waals surface area contributed by atoms with E-state index in [1.54, 1.807) is 19.9 Å². The molecule has 0 unspecified atom stereocenters. The molecule has 0 saturated carbocycles. The van der Waals surface area contributed by atoms with E-state index in [1.807, 2.05) is 0 Å². The molecule has 8 heteroatoms. The highest BCUT2D eigenvalue weighted by Crippen LogP contribution is 2.34. The first-order chi connectivity index (χ1) is 9.19. The normalized spacial score (nSPS) is 19.7. The van der Waals surface area contributed by atoms with Crippen LogP contribution in [0.1, 0.15) is 13.8 Å². The van der Waals surface area contributed by atoms with Gasteiger partial charge in [-0.05, 0) is 26.0 Å². The van der Waals surface area contributed by atoms with Gasteiger partial charge >= 0.3 is 0 Å². The van der Waals surface area contributed by atoms with E-state index in [1.165, 1.54) is 12.1 Å². The van der Waals surface area contributed by atoms with Crippen LogP contribution in [0.3, 0.4) is 0 Å². The van der Waals surface area contributed by atoms with Crippen LogP contribution >= 0.6 is 23.2 Å². The summed E-state index contributed by atoms with van der Waals surface area (Å²) in [6.07, 6.45) is 0. The first-order valence-electron chi connectivity index (χ1n) is 5.94. The third-order valence-electron chi connectivity index (χ3n) is 3.25. The lowest BCUT2D eigenvalue weighted by atomic mass is 10.0. The number of piperazine rings is 1. The molecule has 0 aromatic heterocycles. The molecule has 20 heavy (non-hydrogen) atoms. The minimum absolute atomic E-state index is 0.0410. The smallest absolute Gasteiger partial charge is 0.247 e. The lowest BCUT2D eigenvalue weighted by Crippen LogP contribution is -2.63. The number of amides is 1. The zero-order valence-corrected chi connectivity index (χ0v) is 13.3. The molecule has 1 aliphatic heterocycles. The summed E-state index contributed by atoms with van der Waals surface area (Å²) in [7, 11) is -3.96. The lowest BCUT2D eigenvalue weighted by Gasteiger charge is -2.40. The molecule has 1 aromatic rings. The number of hydrogen-bond acceptors (Lipinski definition) is 3. The van der Waals surface area contributed by atoms with E-state index < -0.39 is 15.6 Å². The van der Waals surface area contributed by atoms with Crippen LogP contribution in [0.5, 0.6) is 0 Å². The van der Waals surface area contributed by atoms with Crippen LogP contribution in [0.25, 0.3) is 0 Å². The number of halogens is 2. The molecular weight excluding hydrogens is 323 g/mol. The molecule has 0 spiro atoms. The fourth-order valence-corrected chi connectivity index (χ4v) is 4.99. The summed E-state index contributed by atoms with van der Waals surface area (Å²) in [4.78, 5) is 11.7. The Kier molecular flexibility index (Phi) is 4.03. The van der Waals surface area contributed by atoms with Crippen molar-refractivity contribution in [1.29, 1.82) is 0 Å². The van der Waals surface area contributed by atoms with Crippen molar-refractivity contribution in [3.63, 3.8) is 0 Å². The van der Waals surface area contributed by atoms with Gasteiger partial charge in [-0.25, -0.2) is 8.42 Å². The number of rotatable bonds is 2. The van der Waals surface area contributed by atoms with Gasteiger partial charge in [-0.15, -0.1) is 0 Å². The van der Waals surface area contributed by atoms with Crippen molar-refractivity contribution >= 4 is 39.1 Å². The average molecular weight is 337 g/mol. The Labute approximate surface area is 127 Å². The van der Waals surface area contributed by atoms with Crippen molar-refractivity contribution in [3.8, 4) is 0 Å². The maximum atomic E-state index is 12.8. The zero-order valence-electron chi connectivity index (χ0n) is 11.0. The van der Waals surface area contributed by atoms with Crippen molar-refractivity contribution in [2.75, 3.05) is 13.1 Å². The molecule has 5 nitrogen and oxygen atoms in total. The van der Waals surface area contributed by atoms with Crippen LogP contribution < -0.4 is 5.32 Å². The summed E-state index contributed by atoms with van der Waals surface area (Å²) < 4.78 is 26.7. The van der Waals surface area contributed by atoms with Crippen molar-refractivity contribution < 1.29 is 13.2 Å². The Hall–Kier alpha value is -0.820. The first-order valence-corrected chi connectivity index (χ1v) is 8.14. The SMILES string of the molecule is CC1(C)C(=O)NCCN1S(=O)(=O)c1c(Cl)cccc1Cl. The molecule has 1 saturated heterocycles. The van der Waals surface area contributed by atoms with Crippen LogP contribution in [-0.2, 0) is 14.8 Å². The van der Waals surface area contributed by atoms with Gasteiger partial charge in [0.05, 0.1) is 10.0 Å². The highest BCUT2D eigenvalue weighted by Gasteiger charge is 2.45. The Balaban J connectivity index is 2.58. The van der Waals surface area contributed by atoms with Gasteiger partial charge in [0.25, 0.3) is 0 Å². The van der Waals surface area contributed by atoms with Crippen molar-refractivity contribution in [3.05, 3.63) is 28.2 Å². The van der Waals surface area contributed by atoms with Gasteiger partial charge in [0.15, 0.2) is 0 Å². The summed E-state index contributed by atoms with van der Waals surface area (Å²) >= 11 is 11.9. The second-order valence-electron chi connectivity index (χ2n) is 4.94. The first kappa shape index (κ1) is 15.6. The van der Waals surface area contributed by atoms with Gasteiger partial charge in [0, 0.05) is 13.1 Å². The summed E-state index contributed by atoms with van der Waals surface area (Å²) in [6.45, 7) is 3.51. The maximum absolute atomic E-state index is 12.8. The number of carbonyl (C=O) groups is 1. The molecule has 0 bridgehead atoms. The van der Waals surface area contributed by atoms with Gasteiger partial charge < -0.3 is 5.32 Å². The summed E-state index contributed by atoms with van der Waals surface area (Å²) in [5.41, 5.74) is -1.19. The van der Waals surface area contributed by atoms with Crippen LogP contribution in [0.15, 0.2) is 23.1 Å². The second-order valence-corrected chi connectivity index (χ2v) is 7.56. The Morgan fingerprint density at radius 2 is 1.80 bits per heavy atom. The predicted octanol–water partition coefficient (Wildman–Crippen LogP) is 1.89. The van der Waals surface area contributed by atoms with Crippen molar-refractivity contribution in [2.24, 2.45) is 0 Å².